The Morgan fingerprint density at radius 1 is 1.14 bits per heavy atom. The molecule has 4 rings (SSSR count). The number of hydrogen-bond donors (Lipinski definition) is 1. The van der Waals surface area contributed by atoms with Crippen molar-refractivity contribution >= 4 is 34.1 Å². The second-order valence-corrected chi connectivity index (χ2v) is 7.06. The second-order valence-electron chi connectivity index (χ2n) is 6.65. The third-order valence-electron chi connectivity index (χ3n) is 4.49. The molecule has 5 nitrogen and oxygen atoms in total. The molecule has 0 atom stereocenters. The topological polar surface area (TPSA) is 52.0 Å². The molecule has 0 amide bonds. The molecule has 2 heterocycles. The lowest BCUT2D eigenvalue weighted by Crippen LogP contribution is -2.01. The normalized spacial score (nSPS) is 11.0. The number of nitrogens with zero attached hydrogens (tertiary/aromatic N) is 3. The first-order valence-electron chi connectivity index (χ1n) is 9.37. The van der Waals surface area contributed by atoms with Gasteiger partial charge in [0.05, 0.1) is 10.5 Å². The molecule has 0 aliphatic carbocycles. The van der Waals surface area contributed by atoms with E-state index in [1.807, 2.05) is 18.3 Å². The number of aryl methyl sites for hydroxylation is 1. The predicted molar refractivity (Wildman–Crippen MR) is 113 cm³/mol. The van der Waals surface area contributed by atoms with Gasteiger partial charge < -0.3 is 14.6 Å². The molecule has 0 aliphatic rings. The van der Waals surface area contributed by atoms with Gasteiger partial charge in [-0.15, -0.1) is 0 Å². The zero-order valence-corrected chi connectivity index (χ0v) is 16.7. The Kier molecular flexibility index (Phi) is 5.62. The number of aromatic nitrogens is 3. The molecule has 148 valence electrons. The molecule has 29 heavy (non-hydrogen) atoms. The molecule has 7 heteroatoms. The van der Waals surface area contributed by atoms with Crippen molar-refractivity contribution in [2.45, 2.75) is 26.5 Å². The number of fused-ring (bicyclic) bond motifs is 1. The maximum absolute atomic E-state index is 13.3. The SMILES string of the molecule is CCCn1ccc2ncnc(Nc3ccc(OCc4cccc(F)c4)c(Cl)c3)c21. The maximum atomic E-state index is 13.3. The highest BCUT2D eigenvalue weighted by Crippen LogP contribution is 2.31. The third kappa shape index (κ3) is 4.32. The summed E-state index contributed by atoms with van der Waals surface area (Å²) in [6.45, 7) is 3.26. The number of halogens is 2. The van der Waals surface area contributed by atoms with Gasteiger partial charge in [0.15, 0.2) is 5.82 Å². The number of ether oxygens (including phenoxy) is 1. The standard InChI is InChI=1S/C22H20ClFN4O/c1-2-9-28-10-8-19-21(28)22(26-14-25-19)27-17-6-7-20(18(23)12-17)29-13-15-4-3-5-16(24)11-15/h3-8,10-12,14H,2,9,13H2,1H3,(H,25,26,27). The number of rotatable bonds is 7. The summed E-state index contributed by atoms with van der Waals surface area (Å²) in [5.41, 5.74) is 3.37. The molecule has 0 unspecified atom stereocenters. The van der Waals surface area contributed by atoms with Crippen molar-refractivity contribution in [3.63, 3.8) is 0 Å². The Morgan fingerprint density at radius 2 is 2.03 bits per heavy atom. The van der Waals surface area contributed by atoms with Gasteiger partial charge in [-0.05, 0) is 48.4 Å². The zero-order valence-electron chi connectivity index (χ0n) is 15.9. The number of nitrogens with one attached hydrogen (secondary N) is 1. The van der Waals surface area contributed by atoms with Gasteiger partial charge in [-0.25, -0.2) is 14.4 Å². The largest absolute Gasteiger partial charge is 0.487 e. The summed E-state index contributed by atoms with van der Waals surface area (Å²) >= 11 is 6.39. The Bertz CT molecular complexity index is 1140. The van der Waals surface area contributed by atoms with Crippen LogP contribution in [0.25, 0.3) is 11.0 Å². The Balaban J connectivity index is 1.53. The van der Waals surface area contributed by atoms with Gasteiger partial charge in [0.2, 0.25) is 0 Å². The van der Waals surface area contributed by atoms with E-state index in [1.54, 1.807) is 30.6 Å². The smallest absolute Gasteiger partial charge is 0.158 e. The fraction of sp³-hybridized carbons (Fsp3) is 0.182. The number of benzene rings is 2. The van der Waals surface area contributed by atoms with Crippen LogP contribution in [0.5, 0.6) is 5.75 Å². The third-order valence-corrected chi connectivity index (χ3v) is 4.79. The first kappa shape index (κ1) is 19.2. The van der Waals surface area contributed by atoms with Crippen molar-refractivity contribution in [1.82, 2.24) is 14.5 Å². The molecule has 0 radical (unpaired) electrons. The molecule has 4 aromatic rings. The van der Waals surface area contributed by atoms with E-state index < -0.39 is 0 Å². The monoisotopic (exact) mass is 410 g/mol. The number of anilines is 2. The fourth-order valence-corrected chi connectivity index (χ4v) is 3.41. The van der Waals surface area contributed by atoms with Crippen molar-refractivity contribution in [3.8, 4) is 5.75 Å². The van der Waals surface area contributed by atoms with E-state index in [1.165, 1.54) is 12.1 Å². The van der Waals surface area contributed by atoms with E-state index in [4.69, 9.17) is 16.3 Å². The summed E-state index contributed by atoms with van der Waals surface area (Å²) in [5, 5.41) is 3.78. The summed E-state index contributed by atoms with van der Waals surface area (Å²) in [4.78, 5) is 8.73. The van der Waals surface area contributed by atoms with Crippen LogP contribution in [0.2, 0.25) is 5.02 Å². The summed E-state index contributed by atoms with van der Waals surface area (Å²) in [6, 6.07) is 13.7. The van der Waals surface area contributed by atoms with E-state index in [0.717, 1.165) is 41.1 Å². The lowest BCUT2D eigenvalue weighted by atomic mass is 10.2. The van der Waals surface area contributed by atoms with Crippen LogP contribution in [0.15, 0.2) is 61.1 Å². The van der Waals surface area contributed by atoms with Gasteiger partial charge in [-0.3, -0.25) is 0 Å². The average Bonchev–Trinajstić information content (AvgIpc) is 3.12. The molecule has 0 aliphatic heterocycles. The van der Waals surface area contributed by atoms with E-state index in [9.17, 15) is 4.39 Å². The van der Waals surface area contributed by atoms with E-state index in [2.05, 4.69) is 26.8 Å². The Morgan fingerprint density at radius 3 is 2.83 bits per heavy atom. The van der Waals surface area contributed by atoms with Gasteiger partial charge in [-0.1, -0.05) is 30.7 Å². The highest BCUT2D eigenvalue weighted by atomic mass is 35.5. The molecular formula is C22H20ClFN4O. The highest BCUT2D eigenvalue weighted by Gasteiger charge is 2.11. The van der Waals surface area contributed by atoms with Gasteiger partial charge in [0.1, 0.15) is 30.0 Å². The van der Waals surface area contributed by atoms with Crippen LogP contribution >= 0.6 is 11.6 Å². The highest BCUT2D eigenvalue weighted by molar-refractivity contribution is 6.32. The molecule has 0 spiro atoms. The number of hydrogen-bond acceptors (Lipinski definition) is 4. The first-order chi connectivity index (χ1) is 14.1. The van der Waals surface area contributed by atoms with Gasteiger partial charge in [0, 0.05) is 18.4 Å². The minimum Gasteiger partial charge on any atom is -0.487 e. The quantitative estimate of drug-likeness (QED) is 0.408. The summed E-state index contributed by atoms with van der Waals surface area (Å²) in [7, 11) is 0. The lowest BCUT2D eigenvalue weighted by Gasteiger charge is -2.12. The molecule has 2 aromatic carbocycles. The molecular weight excluding hydrogens is 391 g/mol. The molecule has 0 saturated heterocycles. The molecule has 2 aromatic heterocycles. The Hall–Kier alpha value is -3.12. The van der Waals surface area contributed by atoms with Crippen LogP contribution in [0, 0.1) is 5.82 Å². The molecule has 0 bridgehead atoms. The van der Waals surface area contributed by atoms with Crippen molar-refractivity contribution in [2.24, 2.45) is 0 Å². The van der Waals surface area contributed by atoms with Crippen molar-refractivity contribution in [3.05, 3.63) is 77.5 Å². The van der Waals surface area contributed by atoms with Gasteiger partial charge >= 0.3 is 0 Å². The fourth-order valence-electron chi connectivity index (χ4n) is 3.17. The predicted octanol–water partition coefficient (Wildman–Crippen LogP) is 5.96. The van der Waals surface area contributed by atoms with Crippen molar-refractivity contribution < 1.29 is 9.13 Å². The van der Waals surface area contributed by atoms with Gasteiger partial charge in [0.25, 0.3) is 0 Å². The maximum Gasteiger partial charge on any atom is 0.158 e. The second kappa shape index (κ2) is 8.49. The Labute approximate surface area is 173 Å². The van der Waals surface area contributed by atoms with Crippen LogP contribution < -0.4 is 10.1 Å². The van der Waals surface area contributed by atoms with E-state index in [0.29, 0.717) is 10.8 Å². The van der Waals surface area contributed by atoms with Crippen LogP contribution in [-0.4, -0.2) is 14.5 Å². The van der Waals surface area contributed by atoms with Crippen molar-refractivity contribution in [2.75, 3.05) is 5.32 Å². The van der Waals surface area contributed by atoms with Crippen LogP contribution in [0.4, 0.5) is 15.9 Å². The van der Waals surface area contributed by atoms with Crippen LogP contribution in [0.1, 0.15) is 18.9 Å². The van der Waals surface area contributed by atoms with E-state index in [-0.39, 0.29) is 12.4 Å². The van der Waals surface area contributed by atoms with Crippen LogP contribution in [0.3, 0.4) is 0 Å². The van der Waals surface area contributed by atoms with Crippen LogP contribution in [-0.2, 0) is 13.2 Å². The first-order valence-corrected chi connectivity index (χ1v) is 9.75. The molecule has 0 fully saturated rings. The lowest BCUT2D eigenvalue weighted by molar-refractivity contribution is 0.306. The van der Waals surface area contributed by atoms with E-state index >= 15 is 0 Å². The average molecular weight is 411 g/mol. The molecule has 1 N–H and O–H groups in total. The van der Waals surface area contributed by atoms with Gasteiger partial charge in [-0.2, -0.15) is 0 Å². The zero-order chi connectivity index (χ0) is 20.2. The minimum absolute atomic E-state index is 0.237. The summed E-state index contributed by atoms with van der Waals surface area (Å²) in [5.74, 6) is 0.961. The van der Waals surface area contributed by atoms with Crippen molar-refractivity contribution in [1.29, 1.82) is 0 Å². The summed E-state index contributed by atoms with van der Waals surface area (Å²) < 4.78 is 21.2. The summed E-state index contributed by atoms with van der Waals surface area (Å²) in [6.07, 6.45) is 4.57. The minimum atomic E-state index is -0.291. The molecule has 0 saturated carbocycles.